The van der Waals surface area contributed by atoms with Gasteiger partial charge in [-0.2, -0.15) is 0 Å². The monoisotopic (exact) mass is 264 g/mol. The Balaban J connectivity index is 2.03. The fraction of sp³-hybridized carbons (Fsp3) is 1.00. The van der Waals surface area contributed by atoms with Crippen LogP contribution in [0.15, 0.2) is 0 Å². The van der Waals surface area contributed by atoms with Gasteiger partial charge in [0.1, 0.15) is 9.84 Å². The van der Waals surface area contributed by atoms with Crippen molar-refractivity contribution in [2.24, 2.45) is 5.92 Å². The van der Waals surface area contributed by atoms with Crippen molar-refractivity contribution in [2.75, 3.05) is 25.2 Å². The summed E-state index contributed by atoms with van der Waals surface area (Å²) >= 11 is 0. The van der Waals surface area contributed by atoms with Gasteiger partial charge in [0.2, 0.25) is 0 Å². The molecule has 0 radical (unpaired) electrons. The second-order valence-corrected chi connectivity index (χ2v) is 7.27. The second kappa shape index (κ2) is 7.34. The topological polar surface area (TPSA) is 63.6 Å². The lowest BCUT2D eigenvalue weighted by atomic mass is 9.93. The van der Waals surface area contributed by atoms with Crippen LogP contribution in [0.4, 0.5) is 0 Å². The van der Waals surface area contributed by atoms with Crippen LogP contribution >= 0.6 is 0 Å². The molecule has 0 saturated carbocycles. The molecule has 1 fully saturated rings. The van der Waals surface area contributed by atoms with Gasteiger partial charge >= 0.3 is 0 Å². The van der Waals surface area contributed by atoms with Gasteiger partial charge in [0.25, 0.3) is 0 Å². The molecule has 0 amide bonds. The first-order chi connectivity index (χ1) is 7.97. The van der Waals surface area contributed by atoms with Gasteiger partial charge in [-0.1, -0.05) is 19.3 Å². The zero-order valence-electron chi connectivity index (χ0n) is 10.6. The summed E-state index contributed by atoms with van der Waals surface area (Å²) in [6.07, 6.45) is 6.51. The van der Waals surface area contributed by atoms with Gasteiger partial charge in [0.05, 0.1) is 11.9 Å². The van der Waals surface area contributed by atoms with E-state index in [4.69, 9.17) is 4.74 Å². The van der Waals surface area contributed by atoms with Crippen molar-refractivity contribution in [3.8, 4) is 0 Å². The van der Waals surface area contributed by atoms with Gasteiger partial charge in [0, 0.05) is 19.5 Å². The lowest BCUT2D eigenvalue weighted by Crippen LogP contribution is -2.20. The Morgan fingerprint density at radius 1 is 1.29 bits per heavy atom. The fourth-order valence-corrected chi connectivity index (χ4v) is 3.15. The van der Waals surface area contributed by atoms with E-state index < -0.39 is 15.9 Å². The van der Waals surface area contributed by atoms with Gasteiger partial charge < -0.3 is 9.84 Å². The molecule has 4 nitrogen and oxygen atoms in total. The highest BCUT2D eigenvalue weighted by molar-refractivity contribution is 7.90. The average molecular weight is 264 g/mol. The molecule has 1 heterocycles. The number of hydrogen-bond acceptors (Lipinski definition) is 4. The van der Waals surface area contributed by atoms with E-state index in [2.05, 4.69) is 0 Å². The predicted molar refractivity (Wildman–Crippen MR) is 67.7 cm³/mol. The van der Waals surface area contributed by atoms with Crippen molar-refractivity contribution < 1.29 is 18.3 Å². The molecule has 1 unspecified atom stereocenters. The zero-order valence-corrected chi connectivity index (χ0v) is 11.4. The Labute approximate surface area is 104 Å². The van der Waals surface area contributed by atoms with Crippen molar-refractivity contribution in [1.82, 2.24) is 0 Å². The maximum Gasteiger partial charge on any atom is 0.149 e. The Kier molecular flexibility index (Phi) is 6.44. The molecule has 1 aliphatic heterocycles. The summed E-state index contributed by atoms with van der Waals surface area (Å²) in [6.45, 7) is 1.75. The minimum absolute atomic E-state index is 0.107. The smallest absolute Gasteiger partial charge is 0.149 e. The Hall–Kier alpha value is -0.130. The van der Waals surface area contributed by atoms with Gasteiger partial charge in [-0.15, -0.1) is 0 Å². The van der Waals surface area contributed by atoms with Crippen molar-refractivity contribution in [3.63, 3.8) is 0 Å². The van der Waals surface area contributed by atoms with E-state index in [1.54, 1.807) is 0 Å². The summed E-state index contributed by atoms with van der Waals surface area (Å²) in [5, 5.41) is 9.52. The Bertz CT molecular complexity index is 294. The third kappa shape index (κ3) is 7.73. The summed E-state index contributed by atoms with van der Waals surface area (Å²) < 4.78 is 27.2. The first kappa shape index (κ1) is 14.9. The molecule has 0 aromatic heterocycles. The van der Waals surface area contributed by atoms with E-state index in [0.717, 1.165) is 51.1 Å². The van der Waals surface area contributed by atoms with Gasteiger partial charge in [-0.05, 0) is 25.2 Å². The molecule has 1 saturated heterocycles. The Morgan fingerprint density at radius 3 is 2.53 bits per heavy atom. The maximum absolute atomic E-state index is 10.9. The van der Waals surface area contributed by atoms with E-state index >= 15 is 0 Å². The predicted octanol–water partition coefficient (Wildman–Crippen LogP) is 1.38. The SMILES string of the molecule is CS(=O)(=O)CC(O)CCCCC1CCOCC1. The molecule has 0 bridgehead atoms. The molecule has 5 heteroatoms. The molecule has 0 aliphatic carbocycles. The molecule has 17 heavy (non-hydrogen) atoms. The van der Waals surface area contributed by atoms with Gasteiger partial charge in [-0.25, -0.2) is 8.42 Å². The zero-order chi connectivity index (χ0) is 12.7. The summed E-state index contributed by atoms with van der Waals surface area (Å²) in [5.74, 6) is 0.653. The van der Waals surface area contributed by atoms with Crippen LogP contribution in [0.2, 0.25) is 0 Å². The Morgan fingerprint density at radius 2 is 1.94 bits per heavy atom. The number of hydrogen-bond donors (Lipinski definition) is 1. The van der Waals surface area contributed by atoms with E-state index in [1.807, 2.05) is 0 Å². The number of rotatable bonds is 7. The molecule has 0 aromatic rings. The maximum atomic E-state index is 10.9. The molecule has 0 spiro atoms. The van der Waals surface area contributed by atoms with Crippen LogP contribution in [0.3, 0.4) is 0 Å². The van der Waals surface area contributed by atoms with Crippen molar-refractivity contribution in [3.05, 3.63) is 0 Å². The standard InChI is InChI=1S/C12H24O4S/c1-17(14,15)10-12(13)5-3-2-4-11-6-8-16-9-7-11/h11-13H,2-10H2,1H3. The molecule has 0 aromatic carbocycles. The molecule has 1 aliphatic rings. The summed E-state index contributed by atoms with van der Waals surface area (Å²) in [4.78, 5) is 0. The molecule has 102 valence electrons. The van der Waals surface area contributed by atoms with Gasteiger partial charge in [-0.3, -0.25) is 0 Å². The number of unbranched alkanes of at least 4 members (excludes halogenated alkanes) is 1. The largest absolute Gasteiger partial charge is 0.392 e. The van der Waals surface area contributed by atoms with Gasteiger partial charge in [0.15, 0.2) is 0 Å². The highest BCUT2D eigenvalue weighted by atomic mass is 32.2. The minimum Gasteiger partial charge on any atom is -0.392 e. The highest BCUT2D eigenvalue weighted by Gasteiger charge is 2.14. The molecular weight excluding hydrogens is 240 g/mol. The quantitative estimate of drug-likeness (QED) is 0.706. The molecule has 1 atom stereocenters. The van der Waals surface area contributed by atoms with Crippen LogP contribution in [0, 0.1) is 5.92 Å². The van der Waals surface area contributed by atoms with E-state index in [-0.39, 0.29) is 5.75 Å². The molecule has 1 N–H and O–H groups in total. The number of sulfone groups is 1. The third-order valence-electron chi connectivity index (χ3n) is 3.24. The summed E-state index contributed by atoms with van der Waals surface area (Å²) in [5.41, 5.74) is 0. The van der Waals surface area contributed by atoms with E-state index in [1.165, 1.54) is 6.42 Å². The van der Waals surface area contributed by atoms with Crippen LogP contribution in [-0.2, 0) is 14.6 Å². The summed E-state index contributed by atoms with van der Waals surface area (Å²) in [7, 11) is -3.05. The lowest BCUT2D eigenvalue weighted by molar-refractivity contribution is 0.0627. The first-order valence-electron chi connectivity index (χ1n) is 6.41. The van der Waals surface area contributed by atoms with Crippen LogP contribution in [0.25, 0.3) is 0 Å². The summed E-state index contributed by atoms with van der Waals surface area (Å²) in [6, 6.07) is 0. The number of ether oxygens (including phenoxy) is 1. The van der Waals surface area contributed by atoms with E-state index in [9.17, 15) is 13.5 Å². The number of aliphatic hydroxyl groups excluding tert-OH is 1. The highest BCUT2D eigenvalue weighted by Crippen LogP contribution is 2.21. The van der Waals surface area contributed by atoms with E-state index in [0.29, 0.717) is 6.42 Å². The normalized spacial score (nSPS) is 20.4. The number of aliphatic hydroxyl groups is 1. The van der Waals surface area contributed by atoms with Crippen LogP contribution in [-0.4, -0.2) is 44.9 Å². The minimum atomic E-state index is -3.05. The fourth-order valence-electron chi connectivity index (χ4n) is 2.28. The average Bonchev–Trinajstić information content (AvgIpc) is 2.23. The van der Waals surface area contributed by atoms with Crippen molar-refractivity contribution in [2.45, 2.75) is 44.6 Å². The molecular formula is C12H24O4S. The van der Waals surface area contributed by atoms with Crippen LogP contribution in [0.5, 0.6) is 0 Å². The third-order valence-corrected chi connectivity index (χ3v) is 4.23. The molecule has 1 rings (SSSR count). The second-order valence-electron chi connectivity index (χ2n) is 5.09. The van der Waals surface area contributed by atoms with Crippen LogP contribution in [0.1, 0.15) is 38.5 Å². The van der Waals surface area contributed by atoms with Crippen LogP contribution < -0.4 is 0 Å². The van der Waals surface area contributed by atoms with Crippen molar-refractivity contribution in [1.29, 1.82) is 0 Å². The first-order valence-corrected chi connectivity index (χ1v) is 8.47. The lowest BCUT2D eigenvalue weighted by Gasteiger charge is -2.21. The van der Waals surface area contributed by atoms with Crippen molar-refractivity contribution >= 4 is 9.84 Å².